The van der Waals surface area contributed by atoms with Crippen molar-refractivity contribution in [2.24, 2.45) is 5.84 Å². The topological polar surface area (TPSA) is 87.3 Å². The van der Waals surface area contributed by atoms with Gasteiger partial charge in [-0.25, -0.2) is 5.84 Å². The van der Waals surface area contributed by atoms with Crippen molar-refractivity contribution in [3.63, 3.8) is 0 Å². The number of aliphatic hydroxyl groups excluding tert-OH is 1. The number of aliphatic hydroxyl groups is 1. The molecular formula is C8H17Cl2N5O. The lowest BCUT2D eigenvalue weighted by atomic mass is 10.3. The summed E-state index contributed by atoms with van der Waals surface area (Å²) >= 11 is 0. The van der Waals surface area contributed by atoms with E-state index in [-0.39, 0.29) is 24.8 Å². The van der Waals surface area contributed by atoms with Crippen LogP contribution in [0.4, 0.5) is 11.6 Å². The number of aromatic nitrogens is 2. The van der Waals surface area contributed by atoms with Gasteiger partial charge in [-0.15, -0.1) is 35.0 Å². The first-order chi connectivity index (χ1) is 6.63. The van der Waals surface area contributed by atoms with Gasteiger partial charge in [0, 0.05) is 13.6 Å². The fourth-order valence-electron chi connectivity index (χ4n) is 1.10. The zero-order valence-electron chi connectivity index (χ0n) is 9.12. The van der Waals surface area contributed by atoms with E-state index in [1.54, 1.807) is 19.1 Å². The van der Waals surface area contributed by atoms with Gasteiger partial charge in [-0.1, -0.05) is 0 Å². The van der Waals surface area contributed by atoms with Gasteiger partial charge < -0.3 is 15.4 Å². The fraction of sp³-hybridized carbons (Fsp3) is 0.500. The Balaban J connectivity index is 0. The van der Waals surface area contributed by atoms with Crippen molar-refractivity contribution < 1.29 is 5.11 Å². The summed E-state index contributed by atoms with van der Waals surface area (Å²) in [6.07, 6.45) is -0.394. The molecule has 1 unspecified atom stereocenters. The van der Waals surface area contributed by atoms with Crippen LogP contribution in [0.1, 0.15) is 6.92 Å². The van der Waals surface area contributed by atoms with Crippen molar-refractivity contribution in [1.82, 2.24) is 10.2 Å². The van der Waals surface area contributed by atoms with Crippen molar-refractivity contribution in [3.8, 4) is 0 Å². The maximum absolute atomic E-state index is 9.16. The quantitative estimate of drug-likeness (QED) is 0.543. The molecule has 0 aromatic carbocycles. The standard InChI is InChI=1S/C8H15N5O.2ClH/c1-6(14)5-13(2)8-4-3-7(10-9)11-12-8;;/h3-4,6,14H,5,9H2,1-2H3,(H,10,11);2*1H. The smallest absolute Gasteiger partial charge is 0.162 e. The van der Waals surface area contributed by atoms with Crippen molar-refractivity contribution in [2.75, 3.05) is 23.9 Å². The van der Waals surface area contributed by atoms with E-state index in [1.165, 1.54) is 0 Å². The molecule has 16 heavy (non-hydrogen) atoms. The third-order valence-electron chi connectivity index (χ3n) is 1.73. The zero-order chi connectivity index (χ0) is 10.6. The first-order valence-corrected chi connectivity index (χ1v) is 4.33. The second-order valence-corrected chi connectivity index (χ2v) is 3.15. The molecule has 1 heterocycles. The van der Waals surface area contributed by atoms with Crippen LogP contribution < -0.4 is 16.2 Å². The number of hydrazine groups is 1. The second-order valence-electron chi connectivity index (χ2n) is 3.15. The Morgan fingerprint density at radius 1 is 1.44 bits per heavy atom. The van der Waals surface area contributed by atoms with Crippen LogP contribution in [0.15, 0.2) is 12.1 Å². The maximum atomic E-state index is 9.16. The van der Waals surface area contributed by atoms with E-state index in [9.17, 15) is 0 Å². The Bertz CT molecular complexity index is 282. The molecule has 0 amide bonds. The molecule has 4 N–H and O–H groups in total. The fourth-order valence-corrected chi connectivity index (χ4v) is 1.10. The van der Waals surface area contributed by atoms with Crippen LogP contribution in [0.3, 0.4) is 0 Å². The van der Waals surface area contributed by atoms with Crippen LogP contribution in [0.5, 0.6) is 0 Å². The molecule has 0 aliphatic rings. The molecule has 1 aromatic rings. The molecule has 0 saturated carbocycles. The number of nitrogens with two attached hydrogens (primary N) is 1. The van der Waals surface area contributed by atoms with Crippen LogP contribution in [-0.2, 0) is 0 Å². The van der Waals surface area contributed by atoms with Gasteiger partial charge in [0.2, 0.25) is 0 Å². The highest BCUT2D eigenvalue weighted by Crippen LogP contribution is 2.09. The normalized spacial score (nSPS) is 10.8. The van der Waals surface area contributed by atoms with E-state index in [4.69, 9.17) is 10.9 Å². The van der Waals surface area contributed by atoms with Gasteiger partial charge in [-0.05, 0) is 19.1 Å². The van der Waals surface area contributed by atoms with Crippen molar-refractivity contribution in [1.29, 1.82) is 0 Å². The predicted molar refractivity (Wildman–Crippen MR) is 69.3 cm³/mol. The van der Waals surface area contributed by atoms with Gasteiger partial charge >= 0.3 is 0 Å². The average Bonchev–Trinajstić information content (AvgIpc) is 2.17. The van der Waals surface area contributed by atoms with E-state index < -0.39 is 6.10 Å². The number of halogens is 2. The van der Waals surface area contributed by atoms with Crippen molar-refractivity contribution in [2.45, 2.75) is 13.0 Å². The molecular weight excluding hydrogens is 253 g/mol. The Morgan fingerprint density at radius 3 is 2.44 bits per heavy atom. The first kappa shape index (κ1) is 17.6. The number of nitrogens with one attached hydrogen (secondary N) is 1. The summed E-state index contributed by atoms with van der Waals surface area (Å²) in [5, 5.41) is 16.9. The number of hydrogen-bond acceptors (Lipinski definition) is 6. The van der Waals surface area contributed by atoms with Crippen LogP contribution >= 0.6 is 24.8 Å². The summed E-state index contributed by atoms with van der Waals surface area (Å²) in [5.74, 6) is 6.36. The SMILES string of the molecule is CC(O)CN(C)c1ccc(NN)nn1.Cl.Cl. The Kier molecular flexibility index (Phi) is 9.17. The average molecular weight is 270 g/mol. The van der Waals surface area contributed by atoms with Crippen LogP contribution in [-0.4, -0.2) is 35.0 Å². The lowest BCUT2D eigenvalue weighted by Gasteiger charge is -2.18. The van der Waals surface area contributed by atoms with Gasteiger partial charge in [0.15, 0.2) is 11.6 Å². The van der Waals surface area contributed by atoms with E-state index in [0.29, 0.717) is 18.2 Å². The van der Waals surface area contributed by atoms with E-state index in [2.05, 4.69) is 15.6 Å². The first-order valence-electron chi connectivity index (χ1n) is 4.33. The monoisotopic (exact) mass is 269 g/mol. The Labute approximate surface area is 107 Å². The van der Waals surface area contributed by atoms with Gasteiger partial charge in [-0.2, -0.15) is 0 Å². The lowest BCUT2D eigenvalue weighted by Crippen LogP contribution is -2.27. The van der Waals surface area contributed by atoms with E-state index in [0.717, 1.165) is 0 Å². The number of hydrogen-bond donors (Lipinski definition) is 3. The summed E-state index contributed by atoms with van der Waals surface area (Å²) in [6, 6.07) is 3.51. The molecule has 8 heteroatoms. The summed E-state index contributed by atoms with van der Waals surface area (Å²) in [6.45, 7) is 2.24. The summed E-state index contributed by atoms with van der Waals surface area (Å²) < 4.78 is 0. The zero-order valence-corrected chi connectivity index (χ0v) is 10.8. The van der Waals surface area contributed by atoms with Crippen LogP contribution in [0.25, 0.3) is 0 Å². The van der Waals surface area contributed by atoms with Gasteiger partial charge in [0.05, 0.1) is 6.10 Å². The summed E-state index contributed by atoms with van der Waals surface area (Å²) in [4.78, 5) is 1.82. The summed E-state index contributed by atoms with van der Waals surface area (Å²) in [5.41, 5.74) is 2.39. The Morgan fingerprint density at radius 2 is 2.06 bits per heavy atom. The van der Waals surface area contributed by atoms with E-state index >= 15 is 0 Å². The molecule has 0 spiro atoms. The number of nitrogen functional groups attached to an aromatic ring is 1. The van der Waals surface area contributed by atoms with Gasteiger partial charge in [0.1, 0.15) is 0 Å². The number of anilines is 2. The summed E-state index contributed by atoms with van der Waals surface area (Å²) in [7, 11) is 1.84. The molecule has 0 bridgehead atoms. The molecule has 0 radical (unpaired) electrons. The van der Waals surface area contributed by atoms with Gasteiger partial charge in [0.25, 0.3) is 0 Å². The van der Waals surface area contributed by atoms with E-state index in [1.807, 2.05) is 11.9 Å². The minimum absolute atomic E-state index is 0. The number of likely N-dealkylation sites (N-methyl/N-ethyl adjacent to an activating group) is 1. The number of nitrogens with zero attached hydrogens (tertiary/aromatic N) is 3. The molecule has 0 fully saturated rings. The molecule has 1 rings (SSSR count). The minimum Gasteiger partial charge on any atom is -0.392 e. The molecule has 1 atom stereocenters. The minimum atomic E-state index is -0.394. The molecule has 0 aliphatic carbocycles. The molecule has 0 aliphatic heterocycles. The van der Waals surface area contributed by atoms with Crippen molar-refractivity contribution in [3.05, 3.63) is 12.1 Å². The third kappa shape index (κ3) is 5.32. The Hall–Kier alpha value is -0.820. The van der Waals surface area contributed by atoms with Gasteiger partial charge in [-0.3, -0.25) is 0 Å². The molecule has 94 valence electrons. The second kappa shape index (κ2) is 8.35. The lowest BCUT2D eigenvalue weighted by molar-refractivity contribution is 0.201. The third-order valence-corrected chi connectivity index (χ3v) is 1.73. The largest absolute Gasteiger partial charge is 0.392 e. The van der Waals surface area contributed by atoms with Crippen molar-refractivity contribution >= 4 is 36.4 Å². The highest BCUT2D eigenvalue weighted by molar-refractivity contribution is 5.85. The number of rotatable bonds is 4. The predicted octanol–water partition coefficient (Wildman–Crippen LogP) is 0.423. The molecule has 0 saturated heterocycles. The van der Waals surface area contributed by atoms with Crippen LogP contribution in [0, 0.1) is 0 Å². The maximum Gasteiger partial charge on any atom is 0.162 e. The van der Waals surface area contributed by atoms with Crippen LogP contribution in [0.2, 0.25) is 0 Å². The highest BCUT2D eigenvalue weighted by Gasteiger charge is 2.05. The highest BCUT2D eigenvalue weighted by atomic mass is 35.5. The molecule has 6 nitrogen and oxygen atoms in total. The molecule has 1 aromatic heterocycles.